The standard InChI is InChI=1S/C2H37B31/c1-2-4-6-8-10-12-14-16-18-20-22-24-26-28-30-32-33-31-29-27-25-23-21-19-17-15-13-11-9-7-5-3/h4-33H,2-3H2,1H3. The highest BCUT2D eigenvalue weighted by atomic mass is 13.3. The lowest BCUT2D eigenvalue weighted by molar-refractivity contribution is 1.47. The third-order valence-electron chi connectivity index (χ3n) is 7.71. The minimum atomic E-state index is 1.37. The zero-order chi connectivity index (χ0) is 23.9. The fourth-order valence-corrected chi connectivity index (χ4v) is 5.27. The van der Waals surface area contributed by atoms with E-state index in [1.165, 1.54) is 218 Å². The molecule has 0 amide bonds. The van der Waals surface area contributed by atoms with Crippen LogP contribution in [0, 0.1) is 0 Å². The second-order valence-corrected chi connectivity index (χ2v) is 11.3. The summed E-state index contributed by atoms with van der Waals surface area (Å²) >= 11 is 0. The highest BCUT2D eigenvalue weighted by Gasteiger charge is 2.05. The van der Waals surface area contributed by atoms with Crippen molar-refractivity contribution >= 4 is 220 Å². The first-order valence-corrected chi connectivity index (χ1v) is 16.4. The van der Waals surface area contributed by atoms with Crippen molar-refractivity contribution in [3.05, 3.63) is 0 Å². The maximum atomic E-state index is 2.31. The van der Waals surface area contributed by atoms with Gasteiger partial charge < -0.3 is 0 Å². The molecular formula is C2H37B31. The Labute approximate surface area is 231 Å². The van der Waals surface area contributed by atoms with Crippen molar-refractivity contribution in [1.82, 2.24) is 0 Å². The molecule has 0 radical (unpaired) electrons. The van der Waals surface area contributed by atoms with E-state index in [1.54, 1.807) is 0 Å². The van der Waals surface area contributed by atoms with Gasteiger partial charge in [-0.15, -0.1) is 0 Å². The highest BCUT2D eigenvalue weighted by Crippen LogP contribution is 1.68. The average molecular weight is 396 g/mol. The monoisotopic (exact) mass is 403 g/mol. The maximum absolute atomic E-state index is 2.31. The molecule has 0 heterocycles. The van der Waals surface area contributed by atoms with Crippen LogP contribution in [-0.4, -0.2) is 220 Å². The van der Waals surface area contributed by atoms with E-state index in [-0.39, 0.29) is 0 Å². The van der Waals surface area contributed by atoms with Crippen molar-refractivity contribution in [3.8, 4) is 0 Å². The SMILES string of the molecule is BBBBBBBBBBBBBBBBBBBBBBBBBBBBBBBCC. The van der Waals surface area contributed by atoms with Crippen LogP contribution in [0.2, 0.25) is 6.32 Å². The second-order valence-electron chi connectivity index (χ2n) is 11.3. The maximum Gasteiger partial charge on any atom is 0.0772 e. The lowest BCUT2D eigenvalue weighted by Crippen LogP contribution is -2.37. The van der Waals surface area contributed by atoms with Gasteiger partial charge in [0, 0.05) is 205 Å². The van der Waals surface area contributed by atoms with Crippen LogP contribution in [0.15, 0.2) is 0 Å². The summed E-state index contributed by atoms with van der Waals surface area (Å²) in [4.78, 5) is 0. The minimum Gasteiger partial charge on any atom is -0.0881 e. The van der Waals surface area contributed by atoms with Gasteiger partial charge in [-0.1, -0.05) is 13.2 Å². The molecule has 31 heteroatoms. The van der Waals surface area contributed by atoms with Gasteiger partial charge in [-0.25, -0.2) is 0 Å². The van der Waals surface area contributed by atoms with Gasteiger partial charge in [0.25, 0.3) is 0 Å². The Kier molecular flexibility index (Phi) is 36.1. The Morgan fingerprint density at radius 2 is 0.485 bits per heavy atom. The van der Waals surface area contributed by atoms with Gasteiger partial charge in [0.15, 0.2) is 0 Å². The molecule has 0 spiro atoms. The topological polar surface area (TPSA) is 0 Å². The van der Waals surface area contributed by atoms with Crippen LogP contribution in [0.3, 0.4) is 0 Å². The Balaban J connectivity index is 2.99. The van der Waals surface area contributed by atoms with Crippen LogP contribution in [0.4, 0.5) is 0 Å². The second kappa shape index (κ2) is 34.0. The first kappa shape index (κ1) is 35.0. The van der Waals surface area contributed by atoms with Crippen LogP contribution in [-0.2, 0) is 0 Å². The third-order valence-corrected chi connectivity index (χ3v) is 7.71. The molecular weight excluding hydrogens is 359 g/mol. The number of hydrogen-bond acceptors (Lipinski definition) is 0. The van der Waals surface area contributed by atoms with Crippen molar-refractivity contribution in [2.24, 2.45) is 0 Å². The van der Waals surface area contributed by atoms with E-state index in [2.05, 4.69) is 14.7 Å². The molecule has 33 heavy (non-hydrogen) atoms. The van der Waals surface area contributed by atoms with Gasteiger partial charge in [0.1, 0.15) is 0 Å². The van der Waals surface area contributed by atoms with Crippen molar-refractivity contribution in [1.29, 1.82) is 0 Å². The largest absolute Gasteiger partial charge is 0.0881 e. The van der Waals surface area contributed by atoms with E-state index in [0.717, 1.165) is 0 Å². The Hall–Kier alpha value is 2.01. The van der Waals surface area contributed by atoms with Gasteiger partial charge in [0.2, 0.25) is 0 Å². The van der Waals surface area contributed by atoms with E-state index in [4.69, 9.17) is 0 Å². The quantitative estimate of drug-likeness (QED) is 0.0836. The molecule has 0 rings (SSSR count). The van der Waals surface area contributed by atoms with Gasteiger partial charge in [-0.2, -0.15) is 0 Å². The van der Waals surface area contributed by atoms with E-state index in [9.17, 15) is 0 Å². The fourth-order valence-electron chi connectivity index (χ4n) is 5.27. The van der Waals surface area contributed by atoms with Crippen LogP contribution in [0.25, 0.3) is 0 Å². The highest BCUT2D eigenvalue weighted by molar-refractivity contribution is 7.77. The van der Waals surface area contributed by atoms with Gasteiger partial charge in [-0.05, 0) is 0 Å². The minimum absolute atomic E-state index is 1.37. The zero-order valence-electron chi connectivity index (χ0n) is 23.9. The van der Waals surface area contributed by atoms with Crippen LogP contribution < -0.4 is 0 Å². The Bertz CT molecular complexity index is 288. The van der Waals surface area contributed by atoms with E-state index in [0.29, 0.717) is 0 Å². The molecule has 0 aromatic carbocycles. The molecule has 0 aliphatic heterocycles. The lowest BCUT2D eigenvalue weighted by Gasteiger charge is -1.95. The molecule has 0 aliphatic carbocycles. The summed E-state index contributed by atoms with van der Waals surface area (Å²) in [5.41, 5.74) is 0. The summed E-state index contributed by atoms with van der Waals surface area (Å²) in [7, 11) is 46.8. The molecule has 0 atom stereocenters. The van der Waals surface area contributed by atoms with E-state index >= 15 is 0 Å². The smallest absolute Gasteiger partial charge is 0.0772 e. The fraction of sp³-hybridized carbons (Fsp3) is 1.00. The molecule has 0 fully saturated rings. The summed E-state index contributed by atoms with van der Waals surface area (Å²) in [6.45, 7) is 2.31. The molecule has 0 bridgehead atoms. The van der Waals surface area contributed by atoms with Crippen LogP contribution in [0.5, 0.6) is 0 Å². The summed E-state index contributed by atoms with van der Waals surface area (Å²) < 4.78 is 0. The molecule has 0 aliphatic rings. The molecule has 138 valence electrons. The number of rotatable bonds is 30. The van der Waals surface area contributed by atoms with Gasteiger partial charge in [-0.3, -0.25) is 0 Å². The van der Waals surface area contributed by atoms with Crippen molar-refractivity contribution in [3.63, 3.8) is 0 Å². The number of hydrogen-bond donors (Lipinski definition) is 0. The van der Waals surface area contributed by atoms with Gasteiger partial charge in [0.05, 0.1) is 14.9 Å². The third kappa shape index (κ3) is 34.0. The van der Waals surface area contributed by atoms with E-state index in [1.807, 2.05) is 0 Å². The molecule has 0 aromatic rings. The van der Waals surface area contributed by atoms with Gasteiger partial charge >= 0.3 is 0 Å². The lowest BCUT2D eigenvalue weighted by atomic mass is 8.82. The zero-order valence-corrected chi connectivity index (χ0v) is 23.9. The van der Waals surface area contributed by atoms with Crippen molar-refractivity contribution < 1.29 is 0 Å². The predicted octanol–water partition coefficient (Wildman–Crippen LogP) is -19.4. The van der Waals surface area contributed by atoms with Crippen LogP contribution in [0.1, 0.15) is 6.92 Å². The molecule has 0 nitrogen and oxygen atoms in total. The Morgan fingerprint density at radius 1 is 0.303 bits per heavy atom. The van der Waals surface area contributed by atoms with Crippen molar-refractivity contribution in [2.45, 2.75) is 13.2 Å². The Morgan fingerprint density at radius 3 is 0.667 bits per heavy atom. The van der Waals surface area contributed by atoms with Crippen LogP contribution >= 0.6 is 0 Å². The van der Waals surface area contributed by atoms with E-state index < -0.39 is 0 Å². The molecule has 0 unspecified atom stereocenters. The summed E-state index contributed by atoms with van der Waals surface area (Å²) in [6, 6.07) is 0. The molecule has 0 saturated heterocycles. The summed E-state index contributed by atoms with van der Waals surface area (Å²) in [5.74, 6) is 0. The molecule has 0 N–H and O–H groups in total. The summed E-state index contributed by atoms with van der Waals surface area (Å²) in [5, 5.41) is 0. The van der Waals surface area contributed by atoms with Crippen molar-refractivity contribution in [2.75, 3.05) is 0 Å². The first-order chi connectivity index (χ1) is 16.4. The average Bonchev–Trinajstić information content (AvgIpc) is 2.83. The molecule has 0 saturated carbocycles. The summed E-state index contributed by atoms with van der Waals surface area (Å²) in [6.07, 6.45) is 1.37. The normalized spacial score (nSPS) is 7.79. The molecule has 0 aromatic heterocycles. The first-order valence-electron chi connectivity index (χ1n) is 16.4. The predicted molar refractivity (Wildman–Crippen MR) is 233 cm³/mol.